The van der Waals surface area contributed by atoms with E-state index in [1.807, 2.05) is 0 Å². The largest absolute Gasteiger partial charge is 0.314 e. The first-order chi connectivity index (χ1) is 8.06. The molecular formula is C15H32N2. The van der Waals surface area contributed by atoms with Gasteiger partial charge >= 0.3 is 0 Å². The van der Waals surface area contributed by atoms with Crippen molar-refractivity contribution in [2.45, 2.75) is 65.5 Å². The van der Waals surface area contributed by atoms with Crippen molar-refractivity contribution in [2.24, 2.45) is 11.8 Å². The SMILES string of the molecule is CCNC1CCCC1CCN(C)C(C)C(C)C. The van der Waals surface area contributed by atoms with Crippen molar-refractivity contribution in [3.63, 3.8) is 0 Å². The van der Waals surface area contributed by atoms with E-state index < -0.39 is 0 Å². The van der Waals surface area contributed by atoms with Crippen molar-refractivity contribution >= 4 is 0 Å². The van der Waals surface area contributed by atoms with E-state index in [-0.39, 0.29) is 0 Å². The lowest BCUT2D eigenvalue weighted by Gasteiger charge is -2.30. The van der Waals surface area contributed by atoms with Crippen molar-refractivity contribution in [1.29, 1.82) is 0 Å². The molecule has 0 aromatic carbocycles. The van der Waals surface area contributed by atoms with Gasteiger partial charge in [-0.05, 0) is 58.2 Å². The van der Waals surface area contributed by atoms with Gasteiger partial charge in [0.25, 0.3) is 0 Å². The maximum atomic E-state index is 3.65. The molecule has 0 saturated heterocycles. The van der Waals surface area contributed by atoms with Crippen molar-refractivity contribution < 1.29 is 0 Å². The first-order valence-corrected chi connectivity index (χ1v) is 7.49. The Morgan fingerprint density at radius 1 is 1.24 bits per heavy atom. The van der Waals surface area contributed by atoms with Gasteiger partial charge < -0.3 is 10.2 Å². The van der Waals surface area contributed by atoms with E-state index in [0.29, 0.717) is 6.04 Å². The molecule has 0 radical (unpaired) electrons. The average Bonchev–Trinajstić information content (AvgIpc) is 2.73. The van der Waals surface area contributed by atoms with Gasteiger partial charge in [-0.3, -0.25) is 0 Å². The lowest BCUT2D eigenvalue weighted by molar-refractivity contribution is 0.190. The minimum absolute atomic E-state index is 0.703. The molecule has 0 aliphatic heterocycles. The van der Waals surface area contributed by atoms with Crippen LogP contribution >= 0.6 is 0 Å². The van der Waals surface area contributed by atoms with Crippen LogP contribution in [0.1, 0.15) is 53.4 Å². The highest BCUT2D eigenvalue weighted by Gasteiger charge is 2.26. The van der Waals surface area contributed by atoms with Crippen LogP contribution in [0.4, 0.5) is 0 Å². The molecule has 3 unspecified atom stereocenters. The molecule has 0 spiro atoms. The third-order valence-corrected chi connectivity index (χ3v) is 4.64. The molecule has 0 aromatic rings. The standard InChI is InChI=1S/C15H32N2/c1-6-16-15-9-7-8-14(15)10-11-17(5)13(4)12(2)3/h12-16H,6-11H2,1-5H3. The predicted octanol–water partition coefficient (Wildman–Crippen LogP) is 3.13. The van der Waals surface area contributed by atoms with Crippen molar-refractivity contribution in [1.82, 2.24) is 10.2 Å². The average molecular weight is 240 g/mol. The summed E-state index contributed by atoms with van der Waals surface area (Å²) in [7, 11) is 2.28. The van der Waals surface area contributed by atoms with Gasteiger partial charge in [0, 0.05) is 12.1 Å². The van der Waals surface area contributed by atoms with Crippen LogP contribution in [-0.2, 0) is 0 Å². The number of hydrogen-bond donors (Lipinski definition) is 1. The molecular weight excluding hydrogens is 208 g/mol. The second kappa shape index (κ2) is 7.38. The van der Waals surface area contributed by atoms with Gasteiger partial charge in [0.2, 0.25) is 0 Å². The molecule has 17 heavy (non-hydrogen) atoms. The van der Waals surface area contributed by atoms with Crippen LogP contribution in [0.5, 0.6) is 0 Å². The number of hydrogen-bond acceptors (Lipinski definition) is 2. The fourth-order valence-corrected chi connectivity index (χ4v) is 3.00. The summed E-state index contributed by atoms with van der Waals surface area (Å²) in [6, 6.07) is 1.50. The van der Waals surface area contributed by atoms with E-state index in [1.54, 1.807) is 0 Å². The molecule has 0 amide bonds. The van der Waals surface area contributed by atoms with Crippen LogP contribution in [0.25, 0.3) is 0 Å². The molecule has 1 N–H and O–H groups in total. The van der Waals surface area contributed by atoms with Crippen molar-refractivity contribution in [2.75, 3.05) is 20.1 Å². The van der Waals surface area contributed by atoms with Gasteiger partial charge in [-0.2, -0.15) is 0 Å². The van der Waals surface area contributed by atoms with Crippen molar-refractivity contribution in [3.05, 3.63) is 0 Å². The van der Waals surface area contributed by atoms with Crippen LogP contribution in [0.15, 0.2) is 0 Å². The van der Waals surface area contributed by atoms with Crippen LogP contribution in [0, 0.1) is 11.8 Å². The first-order valence-electron chi connectivity index (χ1n) is 7.49. The maximum Gasteiger partial charge on any atom is 0.00956 e. The van der Waals surface area contributed by atoms with Gasteiger partial charge in [-0.15, -0.1) is 0 Å². The third-order valence-electron chi connectivity index (χ3n) is 4.64. The topological polar surface area (TPSA) is 15.3 Å². The second-order valence-electron chi connectivity index (χ2n) is 6.11. The van der Waals surface area contributed by atoms with Gasteiger partial charge in [0.1, 0.15) is 0 Å². The van der Waals surface area contributed by atoms with E-state index in [0.717, 1.165) is 24.4 Å². The zero-order valence-electron chi connectivity index (χ0n) is 12.5. The molecule has 1 aliphatic carbocycles. The summed E-state index contributed by atoms with van der Waals surface area (Å²) in [6.07, 6.45) is 5.61. The molecule has 3 atom stereocenters. The Labute approximate surface area is 108 Å². The van der Waals surface area contributed by atoms with E-state index in [2.05, 4.69) is 45.0 Å². The molecule has 0 aromatic heterocycles. The smallest absolute Gasteiger partial charge is 0.00956 e. The highest BCUT2D eigenvalue weighted by atomic mass is 15.1. The molecule has 1 aliphatic rings. The number of nitrogens with one attached hydrogen (secondary N) is 1. The Balaban J connectivity index is 2.29. The maximum absolute atomic E-state index is 3.65. The first kappa shape index (κ1) is 15.0. The Morgan fingerprint density at radius 3 is 2.53 bits per heavy atom. The highest BCUT2D eigenvalue weighted by molar-refractivity contribution is 4.83. The lowest BCUT2D eigenvalue weighted by Crippen LogP contribution is -2.37. The Bertz CT molecular complexity index is 203. The van der Waals surface area contributed by atoms with Gasteiger partial charge in [0.05, 0.1) is 0 Å². The molecule has 2 heteroatoms. The zero-order chi connectivity index (χ0) is 12.8. The summed E-state index contributed by atoms with van der Waals surface area (Å²) in [5, 5.41) is 3.65. The molecule has 1 fully saturated rings. The summed E-state index contributed by atoms with van der Waals surface area (Å²) in [4.78, 5) is 2.53. The molecule has 102 valence electrons. The predicted molar refractivity (Wildman–Crippen MR) is 76.4 cm³/mol. The summed E-state index contributed by atoms with van der Waals surface area (Å²) in [5.74, 6) is 1.67. The molecule has 0 heterocycles. The van der Waals surface area contributed by atoms with E-state index in [4.69, 9.17) is 0 Å². The third kappa shape index (κ3) is 4.59. The molecule has 1 saturated carbocycles. The van der Waals surface area contributed by atoms with Crippen LogP contribution in [0.3, 0.4) is 0 Å². The molecule has 0 bridgehead atoms. The van der Waals surface area contributed by atoms with E-state index >= 15 is 0 Å². The van der Waals surface area contributed by atoms with Gasteiger partial charge in [-0.25, -0.2) is 0 Å². The van der Waals surface area contributed by atoms with Crippen LogP contribution in [0.2, 0.25) is 0 Å². The van der Waals surface area contributed by atoms with Crippen molar-refractivity contribution in [3.8, 4) is 0 Å². The van der Waals surface area contributed by atoms with Gasteiger partial charge in [0.15, 0.2) is 0 Å². The van der Waals surface area contributed by atoms with E-state index in [9.17, 15) is 0 Å². The summed E-state index contributed by atoms with van der Waals surface area (Å²) in [6.45, 7) is 11.6. The monoisotopic (exact) mass is 240 g/mol. The number of nitrogens with zero attached hydrogens (tertiary/aromatic N) is 1. The summed E-state index contributed by atoms with van der Waals surface area (Å²) >= 11 is 0. The molecule has 1 rings (SSSR count). The second-order valence-corrected chi connectivity index (χ2v) is 6.11. The Morgan fingerprint density at radius 2 is 1.94 bits per heavy atom. The quantitative estimate of drug-likeness (QED) is 0.735. The molecule has 2 nitrogen and oxygen atoms in total. The Kier molecular flexibility index (Phi) is 6.50. The minimum atomic E-state index is 0.703. The highest BCUT2D eigenvalue weighted by Crippen LogP contribution is 2.28. The summed E-state index contributed by atoms with van der Waals surface area (Å²) < 4.78 is 0. The van der Waals surface area contributed by atoms with E-state index in [1.165, 1.54) is 32.2 Å². The normalized spacial score (nSPS) is 27.0. The Hall–Kier alpha value is -0.0800. The minimum Gasteiger partial charge on any atom is -0.314 e. The van der Waals surface area contributed by atoms with Gasteiger partial charge in [-0.1, -0.05) is 27.2 Å². The van der Waals surface area contributed by atoms with Crippen LogP contribution in [-0.4, -0.2) is 37.1 Å². The number of rotatable bonds is 7. The lowest BCUT2D eigenvalue weighted by atomic mass is 9.98. The van der Waals surface area contributed by atoms with Crippen LogP contribution < -0.4 is 5.32 Å². The summed E-state index contributed by atoms with van der Waals surface area (Å²) in [5.41, 5.74) is 0. The fourth-order valence-electron chi connectivity index (χ4n) is 3.00. The zero-order valence-corrected chi connectivity index (χ0v) is 12.5. The fraction of sp³-hybridized carbons (Fsp3) is 1.00.